The van der Waals surface area contributed by atoms with E-state index in [1.807, 2.05) is 13.8 Å². The van der Waals surface area contributed by atoms with Crippen LogP contribution >= 0.6 is 0 Å². The Morgan fingerprint density at radius 3 is 2.31 bits per heavy atom. The Hall–Kier alpha value is -2.64. The van der Waals surface area contributed by atoms with E-state index in [1.165, 1.54) is 20.8 Å². The van der Waals surface area contributed by atoms with E-state index >= 15 is 0 Å². The summed E-state index contributed by atoms with van der Waals surface area (Å²) in [5.74, 6) is -3.51. The SMILES string of the molecule is CC=C(C)C(=O)O[C@H]1C[C@](C)(OC(C)=O)[C@H]2CC=C(C)[C@H]2[C@@H]2OC(=O)[C@@](C)(OC(C)=O)[C@@H]21. The Bertz CT molecular complexity index is 902. The van der Waals surface area contributed by atoms with Crippen LogP contribution in [0.5, 0.6) is 0 Å². The average molecular weight is 449 g/mol. The summed E-state index contributed by atoms with van der Waals surface area (Å²) in [4.78, 5) is 49.7. The molecule has 1 heterocycles. The van der Waals surface area contributed by atoms with Gasteiger partial charge in [-0.1, -0.05) is 17.7 Å². The maximum atomic E-state index is 13.0. The van der Waals surface area contributed by atoms with Gasteiger partial charge in [0.2, 0.25) is 5.60 Å². The van der Waals surface area contributed by atoms with Gasteiger partial charge in [0.25, 0.3) is 0 Å². The van der Waals surface area contributed by atoms with Gasteiger partial charge in [-0.25, -0.2) is 9.59 Å². The van der Waals surface area contributed by atoms with Crippen molar-refractivity contribution in [1.29, 1.82) is 0 Å². The standard InChI is InChI=1S/C24H32O8/c1-8-12(2)21(27)29-17-11-23(6,31-14(4)25)16-10-9-13(3)18(16)20-19(17)24(7,22(28)30-20)32-15(5)26/h8-9,16-20H,10-11H2,1-7H3/t16-,17-,18+,19+,20-,23-,24-/m0/s1. The molecule has 0 spiro atoms. The molecule has 0 amide bonds. The number of hydrogen-bond donors (Lipinski definition) is 0. The normalized spacial score (nSPS) is 38.6. The first-order valence-electron chi connectivity index (χ1n) is 10.9. The topological polar surface area (TPSA) is 105 Å². The van der Waals surface area contributed by atoms with Gasteiger partial charge in [0.05, 0.1) is 5.92 Å². The molecule has 2 fully saturated rings. The van der Waals surface area contributed by atoms with Crippen molar-refractivity contribution in [3.63, 3.8) is 0 Å². The minimum Gasteiger partial charge on any atom is -0.459 e. The lowest BCUT2D eigenvalue weighted by atomic mass is 9.75. The quantitative estimate of drug-likeness (QED) is 0.280. The molecule has 0 N–H and O–H groups in total. The van der Waals surface area contributed by atoms with Crippen LogP contribution in [0.2, 0.25) is 0 Å². The van der Waals surface area contributed by atoms with Gasteiger partial charge in [-0.05, 0) is 41.0 Å². The fourth-order valence-corrected chi connectivity index (χ4v) is 5.65. The summed E-state index contributed by atoms with van der Waals surface area (Å²) in [7, 11) is 0. The highest BCUT2D eigenvalue weighted by Gasteiger charge is 2.68. The van der Waals surface area contributed by atoms with E-state index in [4.69, 9.17) is 18.9 Å². The van der Waals surface area contributed by atoms with Gasteiger partial charge in [0.1, 0.15) is 17.8 Å². The highest BCUT2D eigenvalue weighted by Crippen LogP contribution is 2.55. The summed E-state index contributed by atoms with van der Waals surface area (Å²) in [6, 6.07) is 0. The van der Waals surface area contributed by atoms with Crippen LogP contribution in [0.25, 0.3) is 0 Å². The zero-order valence-corrected chi connectivity index (χ0v) is 19.7. The number of carbonyl (C=O) groups is 4. The van der Waals surface area contributed by atoms with Gasteiger partial charge in [-0.3, -0.25) is 9.59 Å². The molecule has 1 saturated carbocycles. The van der Waals surface area contributed by atoms with Crippen LogP contribution in [0.4, 0.5) is 0 Å². The van der Waals surface area contributed by atoms with Crippen LogP contribution in [0, 0.1) is 17.8 Å². The van der Waals surface area contributed by atoms with E-state index in [1.54, 1.807) is 19.9 Å². The second-order valence-electron chi connectivity index (χ2n) is 9.44. The van der Waals surface area contributed by atoms with Crippen LogP contribution in [0.15, 0.2) is 23.3 Å². The molecule has 3 rings (SSSR count). The summed E-state index contributed by atoms with van der Waals surface area (Å²) in [5, 5.41) is 0. The molecule has 8 heteroatoms. The lowest BCUT2D eigenvalue weighted by Gasteiger charge is -2.38. The zero-order valence-electron chi connectivity index (χ0n) is 19.7. The Labute approximate surface area is 188 Å². The highest BCUT2D eigenvalue weighted by atomic mass is 16.6. The Kier molecular flexibility index (Phi) is 6.28. The summed E-state index contributed by atoms with van der Waals surface area (Å²) in [5.41, 5.74) is -1.22. The molecule has 0 unspecified atom stereocenters. The molecule has 1 aliphatic heterocycles. The van der Waals surface area contributed by atoms with Crippen LogP contribution in [-0.4, -0.2) is 47.3 Å². The molecule has 0 aromatic rings. The van der Waals surface area contributed by atoms with E-state index in [-0.39, 0.29) is 18.3 Å². The maximum Gasteiger partial charge on any atom is 0.351 e. The smallest absolute Gasteiger partial charge is 0.351 e. The van der Waals surface area contributed by atoms with Crippen LogP contribution < -0.4 is 0 Å². The second kappa shape index (κ2) is 8.37. The monoisotopic (exact) mass is 448 g/mol. The molecule has 8 nitrogen and oxygen atoms in total. The minimum absolute atomic E-state index is 0.145. The van der Waals surface area contributed by atoms with Crippen molar-refractivity contribution in [1.82, 2.24) is 0 Å². The molecule has 32 heavy (non-hydrogen) atoms. The van der Waals surface area contributed by atoms with Crippen molar-refractivity contribution in [2.75, 3.05) is 0 Å². The van der Waals surface area contributed by atoms with E-state index < -0.39 is 53.2 Å². The first-order chi connectivity index (χ1) is 14.8. The zero-order chi connectivity index (χ0) is 24.0. The predicted octanol–water partition coefficient (Wildman–Crippen LogP) is 3.04. The first-order valence-corrected chi connectivity index (χ1v) is 10.9. The van der Waals surface area contributed by atoms with Gasteiger partial charge in [0, 0.05) is 37.7 Å². The molecule has 176 valence electrons. The minimum atomic E-state index is -1.64. The third kappa shape index (κ3) is 3.95. The van der Waals surface area contributed by atoms with E-state index in [2.05, 4.69) is 6.08 Å². The third-order valence-corrected chi connectivity index (χ3v) is 7.18. The molecule has 2 aliphatic carbocycles. The number of fused-ring (bicyclic) bond motifs is 3. The Morgan fingerprint density at radius 2 is 1.75 bits per heavy atom. The molecule has 0 aromatic carbocycles. The van der Waals surface area contributed by atoms with Crippen molar-refractivity contribution in [3.8, 4) is 0 Å². The first kappa shape index (κ1) is 24.0. The molecule has 1 saturated heterocycles. The van der Waals surface area contributed by atoms with Gasteiger partial charge in [-0.15, -0.1) is 0 Å². The predicted molar refractivity (Wildman–Crippen MR) is 113 cm³/mol. The van der Waals surface area contributed by atoms with Crippen molar-refractivity contribution < 1.29 is 38.1 Å². The number of allylic oxidation sites excluding steroid dienone is 2. The van der Waals surface area contributed by atoms with Crippen LogP contribution in [0.3, 0.4) is 0 Å². The highest BCUT2D eigenvalue weighted by molar-refractivity contribution is 5.88. The molecule has 3 aliphatic rings. The molecular weight excluding hydrogens is 416 g/mol. The number of hydrogen-bond acceptors (Lipinski definition) is 8. The number of carbonyl (C=O) groups excluding carboxylic acids is 4. The van der Waals surface area contributed by atoms with Gasteiger partial charge in [0.15, 0.2) is 0 Å². The van der Waals surface area contributed by atoms with Crippen LogP contribution in [-0.2, 0) is 38.1 Å². The van der Waals surface area contributed by atoms with Gasteiger partial charge in [-0.2, -0.15) is 0 Å². The van der Waals surface area contributed by atoms with E-state index in [9.17, 15) is 19.2 Å². The molecule has 0 aromatic heterocycles. The summed E-state index contributed by atoms with van der Waals surface area (Å²) in [6.07, 6.45) is 2.87. The van der Waals surface area contributed by atoms with Gasteiger partial charge >= 0.3 is 23.9 Å². The average Bonchev–Trinajstić information content (AvgIpc) is 3.14. The molecule has 7 atom stereocenters. The Morgan fingerprint density at radius 1 is 1.12 bits per heavy atom. The van der Waals surface area contributed by atoms with E-state index in [0.29, 0.717) is 12.0 Å². The fraction of sp³-hybridized carbons (Fsp3) is 0.667. The van der Waals surface area contributed by atoms with Crippen molar-refractivity contribution in [2.24, 2.45) is 17.8 Å². The second-order valence-corrected chi connectivity index (χ2v) is 9.44. The summed E-state index contributed by atoms with van der Waals surface area (Å²) in [6.45, 7) is 11.2. The van der Waals surface area contributed by atoms with Gasteiger partial charge < -0.3 is 18.9 Å². The summed E-state index contributed by atoms with van der Waals surface area (Å²) >= 11 is 0. The lowest BCUT2D eigenvalue weighted by Crippen LogP contribution is -2.51. The Balaban J connectivity index is 2.16. The van der Waals surface area contributed by atoms with Crippen molar-refractivity contribution in [3.05, 3.63) is 23.3 Å². The molecule has 0 radical (unpaired) electrons. The number of rotatable bonds is 4. The third-order valence-electron chi connectivity index (χ3n) is 7.18. The fourth-order valence-electron chi connectivity index (χ4n) is 5.65. The number of esters is 4. The summed E-state index contributed by atoms with van der Waals surface area (Å²) < 4.78 is 23.1. The lowest BCUT2D eigenvalue weighted by molar-refractivity contribution is -0.182. The maximum absolute atomic E-state index is 13.0. The van der Waals surface area contributed by atoms with Crippen LogP contribution in [0.1, 0.15) is 61.3 Å². The molecular formula is C24H32O8. The molecule has 0 bridgehead atoms. The van der Waals surface area contributed by atoms with Crippen molar-refractivity contribution >= 4 is 23.9 Å². The van der Waals surface area contributed by atoms with Crippen molar-refractivity contribution in [2.45, 2.75) is 84.7 Å². The largest absolute Gasteiger partial charge is 0.459 e. The van der Waals surface area contributed by atoms with E-state index in [0.717, 1.165) is 5.57 Å². The number of ether oxygens (including phenoxy) is 4.